The lowest BCUT2D eigenvalue weighted by atomic mass is 9.97. The van der Waals surface area contributed by atoms with Crippen molar-refractivity contribution >= 4 is 17.3 Å². The number of rotatable bonds is 6. The Kier molecular flexibility index (Phi) is 6.07. The zero-order valence-corrected chi connectivity index (χ0v) is 19.5. The van der Waals surface area contributed by atoms with Gasteiger partial charge in [-0.1, -0.05) is 24.6 Å². The fourth-order valence-corrected chi connectivity index (χ4v) is 3.79. The number of aromatic nitrogens is 1. The smallest absolute Gasteiger partial charge is 0.259 e. The third-order valence-electron chi connectivity index (χ3n) is 5.55. The highest BCUT2D eigenvalue weighted by atomic mass is 16.5. The fraction of sp³-hybridized carbons (Fsp3) is 0.423. The predicted molar refractivity (Wildman–Crippen MR) is 127 cm³/mol. The molecular formula is C26H33N3O2. The lowest BCUT2D eigenvalue weighted by Crippen LogP contribution is -2.19. The lowest BCUT2D eigenvalue weighted by Gasteiger charge is -2.17. The summed E-state index contributed by atoms with van der Waals surface area (Å²) < 4.78 is 7.35. The molecule has 1 fully saturated rings. The number of ether oxygens (including phenoxy) is 1. The van der Waals surface area contributed by atoms with Crippen molar-refractivity contribution in [3.05, 3.63) is 58.9 Å². The summed E-state index contributed by atoms with van der Waals surface area (Å²) in [6, 6.07) is 7.61. The van der Waals surface area contributed by atoms with Gasteiger partial charge in [0.2, 0.25) is 0 Å². The van der Waals surface area contributed by atoms with Crippen molar-refractivity contribution in [1.29, 1.82) is 0 Å². The molecule has 0 aliphatic heterocycles. The first-order valence-electron chi connectivity index (χ1n) is 10.6. The molecule has 3 rings (SSSR count). The monoisotopic (exact) mass is 419 g/mol. The van der Waals surface area contributed by atoms with Crippen LogP contribution in [0.2, 0.25) is 0 Å². The van der Waals surface area contributed by atoms with Gasteiger partial charge in [-0.15, -0.1) is 0 Å². The number of hydrogen-bond acceptors (Lipinski definition) is 3. The minimum Gasteiger partial charge on any atom is -0.399 e. The van der Waals surface area contributed by atoms with Gasteiger partial charge in [-0.2, -0.15) is 0 Å². The SMILES string of the molecule is C=C(N)c1c(C(=O)Nc2ccc(COC)cc2)c(C#CC(C)(C)C)n(C2(C)CC2)c1C. The van der Waals surface area contributed by atoms with Crippen LogP contribution in [0.15, 0.2) is 30.8 Å². The van der Waals surface area contributed by atoms with Crippen molar-refractivity contribution in [3.8, 4) is 11.8 Å². The van der Waals surface area contributed by atoms with Gasteiger partial charge in [-0.25, -0.2) is 0 Å². The van der Waals surface area contributed by atoms with Crippen LogP contribution in [0.1, 0.15) is 73.4 Å². The molecule has 164 valence electrons. The quantitative estimate of drug-likeness (QED) is 0.645. The highest BCUT2D eigenvalue weighted by Gasteiger charge is 2.43. The molecule has 0 radical (unpaired) electrons. The Morgan fingerprint density at radius 3 is 2.35 bits per heavy atom. The van der Waals surface area contributed by atoms with Gasteiger partial charge in [0.15, 0.2) is 0 Å². The van der Waals surface area contributed by atoms with Gasteiger partial charge in [-0.3, -0.25) is 4.79 Å². The minimum atomic E-state index is -0.231. The van der Waals surface area contributed by atoms with Crippen molar-refractivity contribution < 1.29 is 9.53 Å². The van der Waals surface area contributed by atoms with Gasteiger partial charge in [0.1, 0.15) is 5.69 Å². The molecule has 2 aromatic rings. The van der Waals surface area contributed by atoms with Crippen LogP contribution in [-0.2, 0) is 16.9 Å². The number of nitrogens with two attached hydrogens (primary N) is 1. The summed E-state index contributed by atoms with van der Waals surface area (Å²) >= 11 is 0. The topological polar surface area (TPSA) is 69.3 Å². The molecule has 3 N–H and O–H groups in total. The summed E-state index contributed by atoms with van der Waals surface area (Å²) in [7, 11) is 1.66. The van der Waals surface area contributed by atoms with E-state index in [1.54, 1.807) is 7.11 Å². The van der Waals surface area contributed by atoms with Crippen molar-refractivity contribution in [2.24, 2.45) is 11.1 Å². The Morgan fingerprint density at radius 2 is 1.87 bits per heavy atom. The van der Waals surface area contributed by atoms with Gasteiger partial charge in [0.05, 0.1) is 12.2 Å². The molecule has 1 amide bonds. The largest absolute Gasteiger partial charge is 0.399 e. The first-order valence-corrected chi connectivity index (χ1v) is 10.6. The van der Waals surface area contributed by atoms with E-state index in [0.717, 1.165) is 24.1 Å². The van der Waals surface area contributed by atoms with E-state index in [4.69, 9.17) is 10.5 Å². The molecule has 1 aliphatic rings. The Bertz CT molecular complexity index is 1070. The first-order chi connectivity index (χ1) is 14.5. The molecule has 5 heteroatoms. The average molecular weight is 420 g/mol. The summed E-state index contributed by atoms with van der Waals surface area (Å²) in [6.07, 6.45) is 2.09. The molecule has 0 spiro atoms. The van der Waals surface area contributed by atoms with Crippen molar-refractivity contribution in [3.63, 3.8) is 0 Å². The molecule has 1 aromatic heterocycles. The third kappa shape index (κ3) is 4.86. The maximum absolute atomic E-state index is 13.5. The van der Waals surface area contributed by atoms with Crippen LogP contribution in [0, 0.1) is 24.2 Å². The molecule has 1 aliphatic carbocycles. The number of hydrogen-bond donors (Lipinski definition) is 2. The summed E-state index contributed by atoms with van der Waals surface area (Å²) in [5.41, 5.74) is 10.9. The van der Waals surface area contributed by atoms with Crippen LogP contribution in [0.5, 0.6) is 0 Å². The highest BCUT2D eigenvalue weighted by Crippen LogP contribution is 2.47. The van der Waals surface area contributed by atoms with Crippen LogP contribution >= 0.6 is 0 Å². The Hall–Kier alpha value is -2.97. The number of benzene rings is 1. The second-order valence-corrected chi connectivity index (χ2v) is 9.63. The van der Waals surface area contributed by atoms with Gasteiger partial charge < -0.3 is 20.4 Å². The van der Waals surface area contributed by atoms with Crippen LogP contribution in [0.3, 0.4) is 0 Å². The molecule has 0 saturated heterocycles. The summed E-state index contributed by atoms with van der Waals surface area (Å²) in [6.45, 7) is 14.9. The van der Waals surface area contributed by atoms with Crippen LogP contribution < -0.4 is 11.1 Å². The standard InChI is InChI=1S/C26H33N3O2/c1-17(27)22-18(2)29(26(6)14-15-26)21(12-13-25(3,4)5)23(22)24(30)28-20-10-8-19(9-11-20)16-31-7/h8-11H,1,14-16,27H2,2-7H3,(H,28,30). The van der Waals surface area contributed by atoms with Gasteiger partial charge in [0.25, 0.3) is 5.91 Å². The number of nitrogens with one attached hydrogen (secondary N) is 1. The second kappa shape index (κ2) is 8.28. The number of carbonyl (C=O) groups is 1. The van der Waals surface area contributed by atoms with Gasteiger partial charge >= 0.3 is 0 Å². The van der Waals surface area contributed by atoms with E-state index in [-0.39, 0.29) is 16.9 Å². The number of nitrogens with zero attached hydrogens (tertiary/aromatic N) is 1. The van der Waals surface area contributed by atoms with Crippen molar-refractivity contribution in [1.82, 2.24) is 4.57 Å². The minimum absolute atomic E-state index is 0.0451. The maximum atomic E-state index is 13.5. The van der Waals surface area contributed by atoms with E-state index in [2.05, 4.69) is 56.0 Å². The van der Waals surface area contributed by atoms with E-state index < -0.39 is 0 Å². The number of amides is 1. The average Bonchev–Trinajstić information content (AvgIpc) is 3.32. The number of anilines is 1. The predicted octanol–water partition coefficient (Wildman–Crippen LogP) is 5.03. The number of carbonyl (C=O) groups excluding carboxylic acids is 1. The lowest BCUT2D eigenvalue weighted by molar-refractivity contribution is 0.102. The molecule has 0 unspecified atom stereocenters. The van der Waals surface area contributed by atoms with E-state index >= 15 is 0 Å². The summed E-state index contributed by atoms with van der Waals surface area (Å²) in [4.78, 5) is 13.5. The molecule has 0 atom stereocenters. The zero-order valence-electron chi connectivity index (χ0n) is 19.5. The van der Waals surface area contributed by atoms with Gasteiger partial charge in [-0.05, 0) is 71.1 Å². The summed E-state index contributed by atoms with van der Waals surface area (Å²) in [5.74, 6) is 6.39. The van der Waals surface area contributed by atoms with Crippen molar-refractivity contribution in [2.45, 2.75) is 59.6 Å². The molecule has 1 aromatic carbocycles. The molecule has 0 bridgehead atoms. The molecule has 31 heavy (non-hydrogen) atoms. The molecule has 5 nitrogen and oxygen atoms in total. The van der Waals surface area contributed by atoms with Crippen LogP contribution in [-0.4, -0.2) is 17.6 Å². The van der Waals surface area contributed by atoms with E-state index in [1.807, 2.05) is 31.2 Å². The maximum Gasteiger partial charge on any atom is 0.259 e. The summed E-state index contributed by atoms with van der Waals surface area (Å²) in [5, 5.41) is 3.02. The van der Waals surface area contributed by atoms with E-state index in [9.17, 15) is 4.79 Å². The molecule has 1 heterocycles. The highest BCUT2D eigenvalue weighted by molar-refractivity contribution is 6.09. The fourth-order valence-electron chi connectivity index (χ4n) is 3.79. The Labute approximate surface area is 185 Å². The number of methoxy groups -OCH3 is 1. The van der Waals surface area contributed by atoms with Crippen LogP contribution in [0.25, 0.3) is 5.70 Å². The normalized spacial score (nSPS) is 14.5. The van der Waals surface area contributed by atoms with Crippen molar-refractivity contribution in [2.75, 3.05) is 12.4 Å². The zero-order chi connectivity index (χ0) is 23.0. The first kappa shape index (κ1) is 22.7. The Balaban J connectivity index is 2.11. The van der Waals surface area contributed by atoms with Crippen LogP contribution in [0.4, 0.5) is 5.69 Å². The molecular weight excluding hydrogens is 386 g/mol. The molecule has 1 saturated carbocycles. The van der Waals surface area contributed by atoms with E-state index in [1.165, 1.54) is 0 Å². The Morgan fingerprint density at radius 1 is 1.26 bits per heavy atom. The second-order valence-electron chi connectivity index (χ2n) is 9.63. The third-order valence-corrected chi connectivity index (χ3v) is 5.55. The van der Waals surface area contributed by atoms with Gasteiger partial charge in [0, 0.05) is 40.7 Å². The van der Waals surface area contributed by atoms with E-state index in [0.29, 0.717) is 34.8 Å².